The summed E-state index contributed by atoms with van der Waals surface area (Å²) in [5, 5.41) is 0. The number of ether oxygens (including phenoxy) is 1. The van der Waals surface area contributed by atoms with Crippen LogP contribution in [0.3, 0.4) is 0 Å². The van der Waals surface area contributed by atoms with E-state index in [9.17, 15) is 0 Å². The molecule has 2 heteroatoms. The minimum atomic E-state index is 0.0432. The van der Waals surface area contributed by atoms with Crippen LogP contribution in [-0.4, -0.2) is 12.0 Å². The normalized spacial score (nSPS) is 21.0. The molecule has 25 heavy (non-hydrogen) atoms. The number of hydrogen-bond donors (Lipinski definition) is 0. The van der Waals surface area contributed by atoms with E-state index in [2.05, 4.69) is 86.6 Å². The summed E-state index contributed by atoms with van der Waals surface area (Å²) in [6.45, 7) is 6.79. The fourth-order valence-electron chi connectivity index (χ4n) is 3.31. The van der Waals surface area contributed by atoms with Crippen LogP contribution in [0, 0.1) is 5.41 Å². The van der Waals surface area contributed by atoms with E-state index in [0.29, 0.717) is 6.04 Å². The molecule has 0 radical (unpaired) electrons. The molecule has 0 aromatic heterocycles. The molecule has 2 aromatic carbocycles. The van der Waals surface area contributed by atoms with E-state index in [1.165, 1.54) is 16.7 Å². The quantitative estimate of drug-likeness (QED) is 0.692. The van der Waals surface area contributed by atoms with Crippen molar-refractivity contribution in [2.45, 2.75) is 33.2 Å². The Morgan fingerprint density at radius 1 is 1.04 bits per heavy atom. The predicted octanol–water partition coefficient (Wildman–Crippen LogP) is 5.74. The van der Waals surface area contributed by atoms with Gasteiger partial charge < -0.3 is 9.64 Å². The average molecular weight is 333 g/mol. The molecular formula is C23H27NO. The van der Waals surface area contributed by atoms with Crippen LogP contribution in [0.25, 0.3) is 0 Å². The largest absolute Gasteiger partial charge is 0.497 e. The number of rotatable bonds is 5. The van der Waals surface area contributed by atoms with Crippen molar-refractivity contribution in [2.75, 3.05) is 7.11 Å². The minimum Gasteiger partial charge on any atom is -0.497 e. The average Bonchev–Trinajstić information content (AvgIpc) is 2.65. The summed E-state index contributed by atoms with van der Waals surface area (Å²) in [7, 11) is 1.70. The molecule has 2 aromatic rings. The summed E-state index contributed by atoms with van der Waals surface area (Å²) >= 11 is 0. The maximum Gasteiger partial charge on any atom is 0.118 e. The van der Waals surface area contributed by atoms with Gasteiger partial charge in [-0.2, -0.15) is 0 Å². The Morgan fingerprint density at radius 2 is 1.72 bits per heavy atom. The highest BCUT2D eigenvalue weighted by atomic mass is 16.5. The molecule has 0 amide bonds. The van der Waals surface area contributed by atoms with E-state index < -0.39 is 0 Å². The van der Waals surface area contributed by atoms with Crippen LogP contribution in [0.5, 0.6) is 5.75 Å². The van der Waals surface area contributed by atoms with Crippen LogP contribution in [0.4, 0.5) is 0 Å². The Hall–Kier alpha value is -2.48. The van der Waals surface area contributed by atoms with E-state index in [1.54, 1.807) is 7.11 Å². The molecule has 1 aliphatic heterocycles. The molecule has 3 rings (SSSR count). The smallest absolute Gasteiger partial charge is 0.118 e. The maximum atomic E-state index is 5.26. The molecule has 0 bridgehead atoms. The lowest BCUT2D eigenvalue weighted by Crippen LogP contribution is -2.27. The number of hydrogen-bond acceptors (Lipinski definition) is 2. The lowest BCUT2D eigenvalue weighted by molar-refractivity contribution is 0.359. The van der Waals surface area contributed by atoms with Crippen molar-refractivity contribution in [3.05, 3.63) is 89.8 Å². The van der Waals surface area contributed by atoms with Crippen LogP contribution < -0.4 is 4.74 Å². The van der Waals surface area contributed by atoms with Gasteiger partial charge >= 0.3 is 0 Å². The van der Waals surface area contributed by atoms with Crippen molar-refractivity contribution in [3.63, 3.8) is 0 Å². The van der Waals surface area contributed by atoms with Crippen molar-refractivity contribution in [3.8, 4) is 5.75 Å². The lowest BCUT2D eigenvalue weighted by Gasteiger charge is -2.36. The highest BCUT2D eigenvalue weighted by Crippen LogP contribution is 2.38. The topological polar surface area (TPSA) is 12.5 Å². The molecule has 0 aliphatic carbocycles. The van der Waals surface area contributed by atoms with E-state index in [-0.39, 0.29) is 5.41 Å². The molecule has 0 fully saturated rings. The zero-order valence-electron chi connectivity index (χ0n) is 15.6. The summed E-state index contributed by atoms with van der Waals surface area (Å²) in [4.78, 5) is 2.31. The van der Waals surface area contributed by atoms with Gasteiger partial charge in [0.1, 0.15) is 5.75 Å². The first-order valence-electron chi connectivity index (χ1n) is 8.85. The van der Waals surface area contributed by atoms with Crippen LogP contribution >= 0.6 is 0 Å². The third-order valence-electron chi connectivity index (χ3n) is 5.32. The lowest BCUT2D eigenvalue weighted by atomic mass is 9.76. The monoisotopic (exact) mass is 333 g/mol. The Bertz CT molecular complexity index is 760. The third kappa shape index (κ3) is 3.79. The summed E-state index contributed by atoms with van der Waals surface area (Å²) in [6.07, 6.45) is 7.85. The van der Waals surface area contributed by atoms with Gasteiger partial charge in [0.15, 0.2) is 0 Å². The number of nitrogens with zero attached hydrogens (tertiary/aromatic N) is 1. The van der Waals surface area contributed by atoms with Gasteiger partial charge in [0, 0.05) is 17.8 Å². The highest BCUT2D eigenvalue weighted by Gasteiger charge is 2.28. The van der Waals surface area contributed by atoms with Crippen molar-refractivity contribution in [2.24, 2.45) is 5.41 Å². The zero-order valence-corrected chi connectivity index (χ0v) is 15.6. The standard InChI is InChI=1S/C23H27NO/c1-18-17-24(19(2)21-8-6-5-7-9-21)15-14-23(18,3)16-20-10-12-22(25-4)13-11-20/h5-15,17,19H,16H2,1-4H3/t19-,23?/m1/s1. The van der Waals surface area contributed by atoms with Crippen LogP contribution in [0.15, 0.2) is 78.6 Å². The second-order valence-corrected chi connectivity index (χ2v) is 7.10. The van der Waals surface area contributed by atoms with Crippen LogP contribution in [-0.2, 0) is 6.42 Å². The first-order valence-corrected chi connectivity index (χ1v) is 8.85. The Labute approximate surface area is 151 Å². The van der Waals surface area contributed by atoms with Gasteiger partial charge in [0.05, 0.1) is 13.2 Å². The van der Waals surface area contributed by atoms with Crippen LogP contribution in [0.1, 0.15) is 37.9 Å². The summed E-state index contributed by atoms with van der Waals surface area (Å²) in [5.41, 5.74) is 4.08. The molecular weight excluding hydrogens is 306 g/mol. The Balaban J connectivity index is 1.75. The fourth-order valence-corrected chi connectivity index (χ4v) is 3.31. The van der Waals surface area contributed by atoms with E-state index in [0.717, 1.165) is 12.2 Å². The van der Waals surface area contributed by atoms with Crippen molar-refractivity contribution in [1.82, 2.24) is 4.90 Å². The van der Waals surface area contributed by atoms with Gasteiger partial charge in [-0.25, -0.2) is 0 Å². The van der Waals surface area contributed by atoms with Gasteiger partial charge in [0.25, 0.3) is 0 Å². The van der Waals surface area contributed by atoms with Gasteiger partial charge in [-0.05, 0) is 49.1 Å². The molecule has 0 spiro atoms. The molecule has 2 nitrogen and oxygen atoms in total. The second-order valence-electron chi connectivity index (χ2n) is 7.10. The molecule has 0 saturated carbocycles. The predicted molar refractivity (Wildman–Crippen MR) is 104 cm³/mol. The van der Waals surface area contributed by atoms with E-state index in [1.807, 2.05) is 12.1 Å². The first kappa shape index (κ1) is 17.3. The highest BCUT2D eigenvalue weighted by molar-refractivity contribution is 5.33. The van der Waals surface area contributed by atoms with Gasteiger partial charge in [-0.15, -0.1) is 0 Å². The molecule has 0 N–H and O–H groups in total. The maximum absolute atomic E-state index is 5.26. The number of benzene rings is 2. The molecule has 1 heterocycles. The first-order chi connectivity index (χ1) is 12.0. The summed E-state index contributed by atoms with van der Waals surface area (Å²) in [5.74, 6) is 0.906. The van der Waals surface area contributed by atoms with Crippen molar-refractivity contribution >= 4 is 0 Å². The van der Waals surface area contributed by atoms with Gasteiger partial charge in [-0.1, -0.05) is 55.5 Å². The SMILES string of the molecule is COc1ccc(CC2(C)C=CN([C@H](C)c3ccccc3)C=C2C)cc1. The number of methoxy groups -OCH3 is 1. The van der Waals surface area contributed by atoms with E-state index >= 15 is 0 Å². The molecule has 1 aliphatic rings. The molecule has 0 saturated heterocycles. The summed E-state index contributed by atoms with van der Waals surface area (Å²) in [6, 6.07) is 19.4. The Kier molecular flexibility index (Phi) is 4.98. The van der Waals surface area contributed by atoms with Crippen molar-refractivity contribution < 1.29 is 4.74 Å². The van der Waals surface area contributed by atoms with Gasteiger partial charge in [-0.3, -0.25) is 0 Å². The number of allylic oxidation sites excluding steroid dienone is 2. The molecule has 130 valence electrons. The third-order valence-corrected chi connectivity index (χ3v) is 5.32. The van der Waals surface area contributed by atoms with E-state index in [4.69, 9.17) is 4.74 Å². The Morgan fingerprint density at radius 3 is 2.32 bits per heavy atom. The van der Waals surface area contributed by atoms with Crippen LogP contribution in [0.2, 0.25) is 0 Å². The zero-order chi connectivity index (χ0) is 17.9. The van der Waals surface area contributed by atoms with Crippen molar-refractivity contribution in [1.29, 1.82) is 0 Å². The summed E-state index contributed by atoms with van der Waals surface area (Å²) < 4.78 is 5.26. The minimum absolute atomic E-state index is 0.0432. The molecule has 2 atom stereocenters. The second kappa shape index (κ2) is 7.18. The fraction of sp³-hybridized carbons (Fsp3) is 0.304. The van der Waals surface area contributed by atoms with Gasteiger partial charge in [0.2, 0.25) is 0 Å². The molecule has 1 unspecified atom stereocenters.